The molecule has 0 aliphatic carbocycles. The SMILES string of the molecule is CCCNCc1ccc(OCc2nc(C)cs2)c(OC)c1. The quantitative estimate of drug-likeness (QED) is 0.758. The van der Waals surface area contributed by atoms with Gasteiger partial charge in [0.2, 0.25) is 0 Å². The molecule has 21 heavy (non-hydrogen) atoms. The van der Waals surface area contributed by atoms with Gasteiger partial charge >= 0.3 is 0 Å². The second-order valence-electron chi connectivity index (χ2n) is 4.83. The van der Waals surface area contributed by atoms with Crippen LogP contribution >= 0.6 is 11.3 Å². The predicted molar refractivity (Wildman–Crippen MR) is 86.2 cm³/mol. The summed E-state index contributed by atoms with van der Waals surface area (Å²) in [6, 6.07) is 6.04. The summed E-state index contributed by atoms with van der Waals surface area (Å²) in [4.78, 5) is 4.39. The first-order valence-electron chi connectivity index (χ1n) is 7.14. The van der Waals surface area contributed by atoms with Crippen molar-refractivity contribution in [1.82, 2.24) is 10.3 Å². The van der Waals surface area contributed by atoms with E-state index in [2.05, 4.69) is 23.3 Å². The molecule has 0 radical (unpaired) electrons. The van der Waals surface area contributed by atoms with Crippen molar-refractivity contribution in [3.05, 3.63) is 39.8 Å². The number of hydrogen-bond donors (Lipinski definition) is 1. The summed E-state index contributed by atoms with van der Waals surface area (Å²) in [6.45, 7) is 6.48. The van der Waals surface area contributed by atoms with E-state index in [0.29, 0.717) is 6.61 Å². The topological polar surface area (TPSA) is 43.4 Å². The summed E-state index contributed by atoms with van der Waals surface area (Å²) in [5.41, 5.74) is 2.22. The second-order valence-corrected chi connectivity index (χ2v) is 5.78. The Labute approximate surface area is 130 Å². The van der Waals surface area contributed by atoms with Gasteiger partial charge in [0.05, 0.1) is 7.11 Å². The van der Waals surface area contributed by atoms with Crippen LogP contribution in [-0.4, -0.2) is 18.6 Å². The predicted octanol–water partition coefficient (Wildman–Crippen LogP) is 3.54. The number of benzene rings is 1. The highest BCUT2D eigenvalue weighted by Gasteiger charge is 2.07. The molecule has 2 rings (SSSR count). The van der Waals surface area contributed by atoms with Gasteiger partial charge in [-0.15, -0.1) is 11.3 Å². The molecule has 5 heteroatoms. The monoisotopic (exact) mass is 306 g/mol. The number of nitrogens with one attached hydrogen (secondary N) is 1. The minimum absolute atomic E-state index is 0.475. The zero-order chi connectivity index (χ0) is 15.1. The second kappa shape index (κ2) is 8.00. The highest BCUT2D eigenvalue weighted by atomic mass is 32.1. The molecular weight excluding hydrogens is 284 g/mol. The van der Waals surface area contributed by atoms with Gasteiger partial charge in [-0.1, -0.05) is 13.0 Å². The van der Waals surface area contributed by atoms with Crippen LogP contribution in [-0.2, 0) is 13.2 Å². The smallest absolute Gasteiger partial charge is 0.161 e. The Bertz CT molecular complexity index is 569. The highest BCUT2D eigenvalue weighted by Crippen LogP contribution is 2.29. The van der Waals surface area contributed by atoms with Gasteiger partial charge < -0.3 is 14.8 Å². The maximum Gasteiger partial charge on any atom is 0.161 e. The third kappa shape index (κ3) is 4.72. The third-order valence-electron chi connectivity index (χ3n) is 3.00. The molecule has 0 spiro atoms. The van der Waals surface area contributed by atoms with Crippen LogP contribution in [0.1, 0.15) is 29.6 Å². The molecule has 114 valence electrons. The zero-order valence-corrected chi connectivity index (χ0v) is 13.6. The number of methoxy groups -OCH3 is 1. The lowest BCUT2D eigenvalue weighted by Gasteiger charge is -2.12. The van der Waals surface area contributed by atoms with Crippen molar-refractivity contribution in [1.29, 1.82) is 0 Å². The fraction of sp³-hybridized carbons (Fsp3) is 0.438. The van der Waals surface area contributed by atoms with Crippen molar-refractivity contribution < 1.29 is 9.47 Å². The number of ether oxygens (including phenoxy) is 2. The van der Waals surface area contributed by atoms with Crippen molar-refractivity contribution in [2.24, 2.45) is 0 Å². The molecule has 4 nitrogen and oxygen atoms in total. The van der Waals surface area contributed by atoms with Gasteiger partial charge in [-0.05, 0) is 37.6 Å². The molecule has 0 unspecified atom stereocenters. The van der Waals surface area contributed by atoms with E-state index in [1.54, 1.807) is 18.4 Å². The summed E-state index contributed by atoms with van der Waals surface area (Å²) in [6.07, 6.45) is 1.13. The Morgan fingerprint density at radius 1 is 1.29 bits per heavy atom. The summed E-state index contributed by atoms with van der Waals surface area (Å²) in [5, 5.41) is 6.38. The van der Waals surface area contributed by atoms with Gasteiger partial charge in [0, 0.05) is 17.6 Å². The maximum atomic E-state index is 5.81. The molecule has 0 atom stereocenters. The first-order chi connectivity index (χ1) is 10.2. The van der Waals surface area contributed by atoms with Crippen LogP contribution in [0.25, 0.3) is 0 Å². The zero-order valence-electron chi connectivity index (χ0n) is 12.8. The van der Waals surface area contributed by atoms with Crippen molar-refractivity contribution >= 4 is 11.3 Å². The summed E-state index contributed by atoms with van der Waals surface area (Å²) >= 11 is 1.61. The average molecular weight is 306 g/mol. The minimum atomic E-state index is 0.475. The van der Waals surface area contributed by atoms with E-state index in [-0.39, 0.29) is 0 Å². The Hall–Kier alpha value is -1.59. The largest absolute Gasteiger partial charge is 0.493 e. The number of nitrogens with zero attached hydrogens (tertiary/aromatic N) is 1. The van der Waals surface area contributed by atoms with Crippen LogP contribution in [0.5, 0.6) is 11.5 Å². The van der Waals surface area contributed by atoms with E-state index in [1.165, 1.54) is 5.56 Å². The Morgan fingerprint density at radius 2 is 2.14 bits per heavy atom. The lowest BCUT2D eigenvalue weighted by molar-refractivity contribution is 0.283. The Balaban J connectivity index is 1.98. The fourth-order valence-electron chi connectivity index (χ4n) is 1.96. The normalized spacial score (nSPS) is 10.6. The van der Waals surface area contributed by atoms with Gasteiger partial charge in [-0.3, -0.25) is 0 Å². The molecule has 1 N–H and O–H groups in total. The summed E-state index contributed by atoms with van der Waals surface area (Å²) in [7, 11) is 1.67. The molecular formula is C16H22N2O2S. The van der Waals surface area contributed by atoms with E-state index in [4.69, 9.17) is 9.47 Å². The van der Waals surface area contributed by atoms with E-state index in [9.17, 15) is 0 Å². The lowest BCUT2D eigenvalue weighted by atomic mass is 10.2. The van der Waals surface area contributed by atoms with Crippen LogP contribution in [0.3, 0.4) is 0 Å². The summed E-state index contributed by atoms with van der Waals surface area (Å²) < 4.78 is 11.2. The Morgan fingerprint density at radius 3 is 2.81 bits per heavy atom. The van der Waals surface area contributed by atoms with Crippen LogP contribution in [0.2, 0.25) is 0 Å². The molecule has 0 fully saturated rings. The van der Waals surface area contributed by atoms with Crippen molar-refractivity contribution in [2.75, 3.05) is 13.7 Å². The van der Waals surface area contributed by atoms with E-state index >= 15 is 0 Å². The fourth-order valence-corrected chi connectivity index (χ4v) is 2.64. The van der Waals surface area contributed by atoms with Crippen LogP contribution in [0.4, 0.5) is 0 Å². The molecule has 0 saturated heterocycles. The number of hydrogen-bond acceptors (Lipinski definition) is 5. The van der Waals surface area contributed by atoms with E-state index in [0.717, 1.165) is 41.7 Å². The van der Waals surface area contributed by atoms with E-state index < -0.39 is 0 Å². The standard InChI is InChI=1S/C16H22N2O2S/c1-4-7-17-9-13-5-6-14(15(8-13)19-3)20-10-16-18-12(2)11-21-16/h5-6,8,11,17H,4,7,9-10H2,1-3H3. The molecule has 0 bridgehead atoms. The first kappa shape index (κ1) is 15.8. The van der Waals surface area contributed by atoms with Crippen molar-refractivity contribution in [3.63, 3.8) is 0 Å². The molecule has 1 aromatic heterocycles. The van der Waals surface area contributed by atoms with Crippen LogP contribution < -0.4 is 14.8 Å². The van der Waals surface area contributed by atoms with Gasteiger partial charge in [0.1, 0.15) is 11.6 Å². The molecule has 0 aliphatic heterocycles. The van der Waals surface area contributed by atoms with Crippen LogP contribution in [0.15, 0.2) is 23.6 Å². The maximum absolute atomic E-state index is 5.81. The molecule has 2 aromatic rings. The van der Waals surface area contributed by atoms with Crippen LogP contribution in [0, 0.1) is 6.92 Å². The molecule has 1 aromatic carbocycles. The third-order valence-corrected chi connectivity index (χ3v) is 3.94. The van der Waals surface area contributed by atoms with E-state index in [1.807, 2.05) is 24.4 Å². The highest BCUT2D eigenvalue weighted by molar-refractivity contribution is 7.09. The molecule has 1 heterocycles. The molecule has 0 saturated carbocycles. The summed E-state index contributed by atoms with van der Waals surface area (Å²) in [5.74, 6) is 1.52. The number of rotatable bonds is 8. The first-order valence-corrected chi connectivity index (χ1v) is 8.02. The van der Waals surface area contributed by atoms with Crippen molar-refractivity contribution in [3.8, 4) is 11.5 Å². The van der Waals surface area contributed by atoms with Gasteiger partial charge in [0.25, 0.3) is 0 Å². The minimum Gasteiger partial charge on any atom is -0.493 e. The number of aryl methyl sites for hydroxylation is 1. The van der Waals surface area contributed by atoms with Gasteiger partial charge in [-0.25, -0.2) is 4.98 Å². The molecule has 0 amide bonds. The number of thiazole rings is 1. The Kier molecular flexibility index (Phi) is 6.02. The average Bonchev–Trinajstić information content (AvgIpc) is 2.91. The lowest BCUT2D eigenvalue weighted by Crippen LogP contribution is -2.13. The number of aromatic nitrogens is 1. The van der Waals surface area contributed by atoms with Gasteiger partial charge in [0.15, 0.2) is 11.5 Å². The molecule has 0 aliphatic rings. The van der Waals surface area contributed by atoms with Gasteiger partial charge in [-0.2, -0.15) is 0 Å². The van der Waals surface area contributed by atoms with Crippen molar-refractivity contribution in [2.45, 2.75) is 33.4 Å².